The van der Waals surface area contributed by atoms with Gasteiger partial charge in [-0.3, -0.25) is 4.79 Å². The Labute approximate surface area is 293 Å². The lowest BCUT2D eigenvalue weighted by Crippen LogP contribution is -2.51. The largest absolute Gasteiger partial charge is 0.462 e. The molecule has 0 aromatic carbocycles. The summed E-state index contributed by atoms with van der Waals surface area (Å²) in [6.07, 6.45) is 38.4. The normalized spacial score (nSPS) is 32.4. The summed E-state index contributed by atoms with van der Waals surface area (Å²) in [5.41, 5.74) is 2.54. The molecule has 272 valence electrons. The number of rotatable bonds is 22. The Kier molecular flexibility index (Phi) is 16.2. The van der Waals surface area contributed by atoms with Gasteiger partial charge in [-0.25, -0.2) is 0 Å². The molecular weight excluding hydrogens is 574 g/mol. The van der Waals surface area contributed by atoms with Gasteiger partial charge in [-0.1, -0.05) is 162 Å². The molecule has 0 heterocycles. The second kappa shape index (κ2) is 19.6. The molecule has 0 spiro atoms. The fraction of sp³-hybridized carbons (Fsp3) is 0.933. The van der Waals surface area contributed by atoms with Crippen LogP contribution in [0.1, 0.15) is 215 Å². The molecule has 0 unspecified atom stereocenters. The fourth-order valence-corrected chi connectivity index (χ4v) is 11.6. The molecule has 2 nitrogen and oxygen atoms in total. The number of fused-ring (bicyclic) bond motifs is 5. The van der Waals surface area contributed by atoms with Crippen molar-refractivity contribution in [2.75, 3.05) is 0 Å². The third-order valence-corrected chi connectivity index (χ3v) is 14.5. The van der Waals surface area contributed by atoms with Gasteiger partial charge in [0.05, 0.1) is 0 Å². The molecule has 0 aromatic heterocycles. The Hall–Kier alpha value is -0.790. The van der Waals surface area contributed by atoms with E-state index in [1.165, 1.54) is 148 Å². The van der Waals surface area contributed by atoms with Gasteiger partial charge in [0.15, 0.2) is 0 Å². The van der Waals surface area contributed by atoms with Crippen LogP contribution in [0.15, 0.2) is 11.6 Å². The van der Waals surface area contributed by atoms with Crippen molar-refractivity contribution in [2.45, 2.75) is 221 Å². The van der Waals surface area contributed by atoms with Crippen LogP contribution in [-0.4, -0.2) is 12.1 Å². The minimum Gasteiger partial charge on any atom is -0.462 e. The van der Waals surface area contributed by atoms with Gasteiger partial charge in [0.2, 0.25) is 0 Å². The quantitative estimate of drug-likeness (QED) is 0.0502. The zero-order valence-corrected chi connectivity index (χ0v) is 32.5. The van der Waals surface area contributed by atoms with Gasteiger partial charge in [0.25, 0.3) is 0 Å². The first-order valence-corrected chi connectivity index (χ1v) is 21.6. The zero-order chi connectivity index (χ0) is 33.7. The molecule has 0 bridgehead atoms. The second-order valence-electron chi connectivity index (χ2n) is 18.3. The van der Waals surface area contributed by atoms with Crippen molar-refractivity contribution < 1.29 is 9.53 Å². The first-order valence-electron chi connectivity index (χ1n) is 21.6. The van der Waals surface area contributed by atoms with Gasteiger partial charge >= 0.3 is 5.97 Å². The van der Waals surface area contributed by atoms with Crippen molar-refractivity contribution in [3.63, 3.8) is 0 Å². The van der Waals surface area contributed by atoms with E-state index in [-0.39, 0.29) is 12.1 Å². The summed E-state index contributed by atoms with van der Waals surface area (Å²) in [6.45, 7) is 15.0. The summed E-state index contributed by atoms with van der Waals surface area (Å²) in [4.78, 5) is 12.8. The van der Waals surface area contributed by atoms with E-state index in [9.17, 15) is 4.79 Å². The first kappa shape index (κ1) is 39.0. The standard InChI is InChI=1S/C45H80O2/c1-7-8-9-10-11-12-13-14-15-16-17-18-19-20-21-25-43(46)47-38-30-32-44(5)37(34-38)26-27-39-41-29-28-40(36(4)24-22-23-35(2)3)45(41,6)33-31-42(39)44/h26,35-36,38-42H,7-25,27-34H2,1-6H3/t36-,38+,39+,40-,41+,42+,44+,45-/m1/s1/i34+1,43+1. The zero-order valence-electron chi connectivity index (χ0n) is 32.5. The molecule has 8 atom stereocenters. The van der Waals surface area contributed by atoms with E-state index in [0.29, 0.717) is 17.3 Å². The minimum absolute atomic E-state index is 0.0653. The third kappa shape index (κ3) is 10.8. The minimum atomic E-state index is 0.0653. The van der Waals surface area contributed by atoms with E-state index in [0.717, 1.165) is 54.8 Å². The van der Waals surface area contributed by atoms with Crippen molar-refractivity contribution in [1.82, 2.24) is 0 Å². The van der Waals surface area contributed by atoms with E-state index >= 15 is 0 Å². The Morgan fingerprint density at radius 2 is 1.36 bits per heavy atom. The second-order valence-corrected chi connectivity index (χ2v) is 18.3. The summed E-state index contributed by atoms with van der Waals surface area (Å²) >= 11 is 0. The molecule has 47 heavy (non-hydrogen) atoms. The van der Waals surface area contributed by atoms with Gasteiger partial charge in [0, 0.05) is 12.8 Å². The molecule has 4 rings (SSSR count). The summed E-state index contributed by atoms with van der Waals surface area (Å²) in [5, 5.41) is 0. The van der Waals surface area contributed by atoms with E-state index < -0.39 is 0 Å². The Bertz CT molecular complexity index is 934. The molecule has 0 aliphatic heterocycles. The van der Waals surface area contributed by atoms with Crippen LogP contribution in [0.25, 0.3) is 0 Å². The van der Waals surface area contributed by atoms with Crippen LogP contribution in [0.3, 0.4) is 0 Å². The number of esters is 1. The summed E-state index contributed by atoms with van der Waals surface area (Å²) in [6, 6.07) is 0. The van der Waals surface area contributed by atoms with Crippen LogP contribution in [0.2, 0.25) is 0 Å². The first-order chi connectivity index (χ1) is 22.7. The summed E-state index contributed by atoms with van der Waals surface area (Å²) < 4.78 is 6.13. The predicted molar refractivity (Wildman–Crippen MR) is 202 cm³/mol. The Balaban J connectivity index is 1.10. The van der Waals surface area contributed by atoms with Crippen LogP contribution in [0.5, 0.6) is 0 Å². The van der Waals surface area contributed by atoms with Gasteiger partial charge in [-0.2, -0.15) is 0 Å². The number of allylic oxidation sites excluding steroid dienone is 1. The van der Waals surface area contributed by atoms with Gasteiger partial charge in [-0.05, 0) is 97.7 Å². The third-order valence-electron chi connectivity index (χ3n) is 14.5. The molecule has 0 aromatic rings. The average Bonchev–Trinajstić information content (AvgIpc) is 3.40. The van der Waals surface area contributed by atoms with Crippen LogP contribution >= 0.6 is 0 Å². The number of carbonyl (C=O) groups is 1. The lowest BCUT2D eigenvalue weighted by atomic mass is 9.48. The van der Waals surface area contributed by atoms with Crippen LogP contribution < -0.4 is 0 Å². The smallest absolute Gasteiger partial charge is 0.306 e. The van der Waals surface area contributed by atoms with Crippen LogP contribution in [0, 0.1) is 46.3 Å². The maximum atomic E-state index is 12.8. The molecule has 4 aliphatic rings. The number of ether oxygens (including phenoxy) is 1. The topological polar surface area (TPSA) is 26.3 Å². The van der Waals surface area contributed by atoms with E-state index in [2.05, 4.69) is 47.6 Å². The average molecular weight is 655 g/mol. The predicted octanol–water partition coefficient (Wildman–Crippen LogP) is 14.2. The van der Waals surface area contributed by atoms with Crippen molar-refractivity contribution in [3.05, 3.63) is 11.6 Å². The number of carbonyl (C=O) groups excluding carboxylic acids is 1. The van der Waals surface area contributed by atoms with Crippen molar-refractivity contribution in [3.8, 4) is 0 Å². The number of hydrogen-bond donors (Lipinski definition) is 0. The van der Waals surface area contributed by atoms with Crippen molar-refractivity contribution in [2.24, 2.45) is 46.3 Å². The monoisotopic (exact) mass is 655 g/mol. The highest BCUT2D eigenvalue weighted by molar-refractivity contribution is 5.69. The van der Waals surface area contributed by atoms with Gasteiger partial charge in [0.1, 0.15) is 6.10 Å². The molecule has 2 heteroatoms. The summed E-state index contributed by atoms with van der Waals surface area (Å²) in [7, 11) is 0. The molecule has 3 fully saturated rings. The number of hydrogen-bond acceptors (Lipinski definition) is 2. The summed E-state index contributed by atoms with van der Waals surface area (Å²) in [5.74, 6) is 5.34. The van der Waals surface area contributed by atoms with E-state index in [1.807, 2.05) is 0 Å². The highest BCUT2D eigenvalue weighted by atomic mass is 16.6. The van der Waals surface area contributed by atoms with Crippen LogP contribution in [-0.2, 0) is 9.53 Å². The molecule has 0 amide bonds. The van der Waals surface area contributed by atoms with Crippen molar-refractivity contribution >= 4 is 5.97 Å². The molecule has 4 aliphatic carbocycles. The lowest BCUT2D eigenvalue weighted by molar-refractivity contribution is -0.151. The molecule has 0 radical (unpaired) electrons. The highest BCUT2D eigenvalue weighted by Crippen LogP contribution is 2.67. The maximum Gasteiger partial charge on any atom is 0.306 e. The molecule has 0 N–H and O–H groups in total. The molecule has 3 saturated carbocycles. The Morgan fingerprint density at radius 3 is 1.98 bits per heavy atom. The van der Waals surface area contributed by atoms with E-state index in [1.54, 1.807) is 5.57 Å². The maximum absolute atomic E-state index is 12.8. The molecular formula is C45H80O2. The Morgan fingerprint density at radius 1 is 0.745 bits per heavy atom. The van der Waals surface area contributed by atoms with Gasteiger partial charge < -0.3 is 4.74 Å². The number of unbranched alkanes of at least 4 members (excludes halogenated alkanes) is 14. The van der Waals surface area contributed by atoms with Crippen LogP contribution in [0.4, 0.5) is 0 Å². The van der Waals surface area contributed by atoms with E-state index in [4.69, 9.17) is 4.74 Å². The highest BCUT2D eigenvalue weighted by Gasteiger charge is 2.59. The lowest BCUT2D eigenvalue weighted by Gasteiger charge is -2.58. The van der Waals surface area contributed by atoms with Crippen molar-refractivity contribution in [1.29, 1.82) is 0 Å². The molecule has 0 saturated heterocycles. The SMILES string of the molecule is CCCCCCCCCCCCCCCCC[13C](=O)O[C@H]1CC[C@@]2(C)C(=CC[C@H]3[C@@H]4CC[C@H]([C@H](C)CCCC(C)C)[C@@]4(C)CC[C@@H]32)[13CH2]1. The van der Waals surface area contributed by atoms with Gasteiger partial charge in [-0.15, -0.1) is 0 Å². The fourth-order valence-electron chi connectivity index (χ4n) is 11.6.